The highest BCUT2D eigenvalue weighted by Crippen LogP contribution is 1.61. The molecule has 32 heavy (non-hydrogen) atoms. The Labute approximate surface area is 177 Å². The predicted octanol–water partition coefficient (Wildman–Crippen LogP) is -3.97. The maximum atomic E-state index is 9.64. The van der Waals surface area contributed by atoms with Crippen molar-refractivity contribution in [2.75, 3.05) is 26.7 Å². The summed E-state index contributed by atoms with van der Waals surface area (Å²) in [6, 6.07) is 0. The van der Waals surface area contributed by atoms with Crippen LogP contribution in [0.1, 0.15) is 0 Å². The summed E-state index contributed by atoms with van der Waals surface area (Å²) < 4.78 is 0. The molecule has 0 aliphatic carbocycles. The van der Waals surface area contributed by atoms with E-state index in [9.17, 15) is 28.8 Å². The lowest BCUT2D eigenvalue weighted by molar-refractivity contribution is -0.191. The van der Waals surface area contributed by atoms with Crippen LogP contribution in [0.4, 0.5) is 19.2 Å². The van der Waals surface area contributed by atoms with Crippen molar-refractivity contribution in [1.82, 2.24) is 21.3 Å². The van der Waals surface area contributed by atoms with Crippen LogP contribution in [-0.2, 0) is 19.2 Å². The van der Waals surface area contributed by atoms with Crippen LogP contribution in [0.3, 0.4) is 0 Å². The van der Waals surface area contributed by atoms with Crippen LogP contribution in [0, 0.1) is 0 Å². The zero-order valence-electron chi connectivity index (χ0n) is 15.9. The predicted molar refractivity (Wildman–Crippen MR) is 97.3 cm³/mol. The molecule has 0 radical (unpaired) electrons. The van der Waals surface area contributed by atoms with Gasteiger partial charge in [0.2, 0.25) is 12.2 Å². The molecule has 4 amide bonds. The zero-order valence-corrected chi connectivity index (χ0v) is 15.9. The molecule has 0 aliphatic heterocycles. The van der Waals surface area contributed by atoms with Crippen LogP contribution in [-0.4, -0.2) is 95.3 Å². The third kappa shape index (κ3) is 118. The second-order valence-corrected chi connectivity index (χ2v) is 3.24. The van der Waals surface area contributed by atoms with Crippen molar-refractivity contribution in [2.45, 2.75) is 0 Å². The van der Waals surface area contributed by atoms with Crippen molar-refractivity contribution >= 4 is 42.7 Å². The van der Waals surface area contributed by atoms with Crippen LogP contribution < -0.4 is 32.7 Å². The number of carbonyl (C=O) groups excluding carboxylic acids is 4. The number of nitrogens with two attached hydrogens (primary N) is 2. The molecule has 0 saturated heterocycles. The number of carboxylic acid groups (broad SMARTS) is 4. The van der Waals surface area contributed by atoms with Gasteiger partial charge in [-0.25, -0.2) is 28.8 Å². The van der Waals surface area contributed by atoms with Gasteiger partial charge >= 0.3 is 30.5 Å². The molecule has 0 aliphatic rings. The molecular formula is C11H22N8O13. The third-order valence-electron chi connectivity index (χ3n) is 1.23. The highest BCUT2D eigenvalue weighted by Gasteiger charge is 1.94. The van der Waals surface area contributed by atoms with Crippen molar-refractivity contribution in [3.8, 4) is 0 Å². The van der Waals surface area contributed by atoms with Gasteiger partial charge in [-0.2, -0.15) is 19.6 Å². The molecule has 0 rings (SSSR count). The van der Waals surface area contributed by atoms with Crippen molar-refractivity contribution < 1.29 is 64.3 Å². The number of amides is 4. The monoisotopic (exact) mass is 474 g/mol. The summed E-state index contributed by atoms with van der Waals surface area (Å²) >= 11 is 0. The fourth-order valence-electron chi connectivity index (χ4n) is 0.484. The lowest BCUT2D eigenvalue weighted by Crippen LogP contribution is -2.35. The number of carbonyl (C=O) groups is 4. The Morgan fingerprint density at radius 1 is 0.656 bits per heavy atom. The van der Waals surface area contributed by atoms with Crippen molar-refractivity contribution in [1.29, 1.82) is 0 Å². The van der Waals surface area contributed by atoms with E-state index in [1.807, 2.05) is 0 Å². The summed E-state index contributed by atoms with van der Waals surface area (Å²) in [6.07, 6.45) is -2.38. The van der Waals surface area contributed by atoms with E-state index in [0.717, 1.165) is 0 Å². The van der Waals surface area contributed by atoms with Gasteiger partial charge in [0.05, 0.1) is 13.3 Å². The van der Waals surface area contributed by atoms with Gasteiger partial charge in [0.25, 0.3) is 0 Å². The molecule has 0 saturated carbocycles. The lowest BCUT2D eigenvalue weighted by Gasteiger charge is -1.97. The van der Waals surface area contributed by atoms with E-state index < -0.39 is 24.4 Å². The van der Waals surface area contributed by atoms with Gasteiger partial charge in [-0.1, -0.05) is 0 Å². The summed E-state index contributed by atoms with van der Waals surface area (Å²) in [5, 5.41) is 38.7. The van der Waals surface area contributed by atoms with Gasteiger partial charge in [-0.3, -0.25) is 0 Å². The fraction of sp³-hybridized carbons (Fsp3) is 0.364. The second-order valence-electron chi connectivity index (χ2n) is 3.24. The molecule has 0 atom stereocenters. The summed E-state index contributed by atoms with van der Waals surface area (Å²) in [7, 11) is 0. The number of nitrogens with zero attached hydrogens (tertiary/aromatic N) is 2. The number of rotatable bonds is 6. The van der Waals surface area contributed by atoms with Gasteiger partial charge in [-0.15, -0.1) is 0 Å². The van der Waals surface area contributed by atoms with Crippen molar-refractivity contribution in [2.24, 2.45) is 21.5 Å². The Bertz CT molecular complexity index is 551. The van der Waals surface area contributed by atoms with E-state index in [-0.39, 0.29) is 38.3 Å². The fourth-order valence-corrected chi connectivity index (χ4v) is 0.484. The SMILES string of the molecule is NCN.O.O=C(O)NCNC(=O)O.O=C(O)NCNC(=O)O.O=C=NCN=C=O.O=C=O. The normalized spacial score (nSPS) is 6.56. The lowest BCUT2D eigenvalue weighted by atomic mass is 10.9. The minimum Gasteiger partial charge on any atom is -0.465 e. The first kappa shape index (κ1) is 41.5. The van der Waals surface area contributed by atoms with Crippen LogP contribution in [0.25, 0.3) is 0 Å². The summed E-state index contributed by atoms with van der Waals surface area (Å²) in [5.74, 6) is 0. The molecule has 21 nitrogen and oxygen atoms in total. The number of hydrogen-bond donors (Lipinski definition) is 10. The number of aliphatic imine (C=N–C) groups is 2. The maximum Gasteiger partial charge on any atom is 0.406 e. The Kier molecular flexibility index (Phi) is 52.7. The summed E-state index contributed by atoms with van der Waals surface area (Å²) in [5.41, 5.74) is 9.25. The molecule has 0 spiro atoms. The van der Waals surface area contributed by atoms with Gasteiger partial charge in [-0.05, 0) is 0 Å². The van der Waals surface area contributed by atoms with E-state index in [4.69, 9.17) is 30.0 Å². The van der Waals surface area contributed by atoms with Crippen molar-refractivity contribution in [3.05, 3.63) is 0 Å². The highest BCUT2D eigenvalue weighted by molar-refractivity contribution is 5.67. The maximum absolute atomic E-state index is 9.64. The number of nitrogens with one attached hydrogen (secondary N) is 4. The Morgan fingerprint density at radius 3 is 0.969 bits per heavy atom. The Hall–Kier alpha value is -4.90. The molecular weight excluding hydrogens is 452 g/mol. The smallest absolute Gasteiger partial charge is 0.406 e. The quantitative estimate of drug-likeness (QED) is 0.0996. The molecule has 0 bridgehead atoms. The molecule has 0 heterocycles. The number of isocyanates is 2. The van der Waals surface area contributed by atoms with Gasteiger partial charge in [0.1, 0.15) is 0 Å². The molecule has 14 N–H and O–H groups in total. The van der Waals surface area contributed by atoms with Gasteiger partial charge in [0.15, 0.2) is 6.67 Å². The Balaban J connectivity index is -0.0000000698. The highest BCUT2D eigenvalue weighted by atomic mass is 16.4. The average molecular weight is 474 g/mol. The van der Waals surface area contributed by atoms with Gasteiger partial charge < -0.3 is 58.6 Å². The first-order chi connectivity index (χ1) is 14.5. The minimum atomic E-state index is -1.26. The van der Waals surface area contributed by atoms with Gasteiger partial charge in [0, 0.05) is 6.67 Å². The molecule has 0 unspecified atom stereocenters. The topological polar surface area (TPSA) is 374 Å². The molecule has 0 fully saturated rings. The first-order valence-corrected chi connectivity index (χ1v) is 6.84. The standard InChI is InChI=1S/2C3H6N2O4.C3H2N2O2.CH6N2.CO2.H2O/c2*6-2(7)4-1-5-3(8)9;6-2-4-1-5-3-7;2*2-1-3;/h2*4-5H,1H2,(H,6,7)(H,8,9);1H2;1-3H2;;1H2. The summed E-state index contributed by atoms with van der Waals surface area (Å²) in [4.78, 5) is 79.0. The van der Waals surface area contributed by atoms with Crippen LogP contribution >= 0.6 is 0 Å². The third-order valence-corrected chi connectivity index (χ3v) is 1.23. The van der Waals surface area contributed by atoms with E-state index in [2.05, 4.69) is 21.5 Å². The number of hydrogen-bond acceptors (Lipinski definition) is 12. The average Bonchev–Trinajstić information content (AvgIpc) is 2.63. The van der Waals surface area contributed by atoms with Crippen LogP contribution in [0.15, 0.2) is 9.98 Å². The Morgan fingerprint density at radius 2 is 0.844 bits per heavy atom. The molecule has 0 aromatic carbocycles. The minimum absolute atomic E-state index is 0. The van der Waals surface area contributed by atoms with Crippen LogP contribution in [0.2, 0.25) is 0 Å². The zero-order chi connectivity index (χ0) is 25.5. The second kappa shape index (κ2) is 40.7. The van der Waals surface area contributed by atoms with E-state index in [1.54, 1.807) is 21.3 Å². The molecule has 184 valence electrons. The van der Waals surface area contributed by atoms with E-state index in [1.165, 1.54) is 12.2 Å². The van der Waals surface area contributed by atoms with Crippen molar-refractivity contribution in [3.63, 3.8) is 0 Å². The molecule has 0 aromatic rings. The van der Waals surface area contributed by atoms with E-state index in [0.29, 0.717) is 0 Å². The molecule has 21 heteroatoms. The summed E-state index contributed by atoms with van der Waals surface area (Å²) in [6.45, 7) is -0.484. The van der Waals surface area contributed by atoms with E-state index >= 15 is 0 Å². The van der Waals surface area contributed by atoms with Crippen LogP contribution in [0.5, 0.6) is 0 Å². The first-order valence-electron chi connectivity index (χ1n) is 6.84. The largest absolute Gasteiger partial charge is 0.465 e. The molecule has 0 aromatic heterocycles.